The van der Waals surface area contributed by atoms with Gasteiger partial charge in [0.2, 0.25) is 5.91 Å². The van der Waals surface area contributed by atoms with E-state index in [1.54, 1.807) is 6.08 Å². The highest BCUT2D eigenvalue weighted by atomic mass is 16.3. The molecule has 0 bridgehead atoms. The lowest BCUT2D eigenvalue weighted by molar-refractivity contribution is -0.123. The Kier molecular flexibility index (Phi) is 21.2. The van der Waals surface area contributed by atoms with Gasteiger partial charge in [-0.15, -0.1) is 0 Å². The molecule has 0 aromatic heterocycles. The highest BCUT2D eigenvalue weighted by molar-refractivity contribution is 5.76. The summed E-state index contributed by atoms with van der Waals surface area (Å²) < 4.78 is 0. The predicted octanol–water partition coefficient (Wildman–Crippen LogP) is 6.05. The van der Waals surface area contributed by atoms with Crippen LogP contribution in [0.2, 0.25) is 0 Å². The summed E-state index contributed by atoms with van der Waals surface area (Å²) in [5, 5.41) is 22.3. The van der Waals surface area contributed by atoms with Gasteiger partial charge < -0.3 is 15.5 Å². The van der Waals surface area contributed by atoms with Gasteiger partial charge in [0.05, 0.1) is 18.8 Å². The van der Waals surface area contributed by atoms with E-state index in [2.05, 4.69) is 19.2 Å². The second kappa shape index (κ2) is 21.8. The molecule has 4 heteroatoms. The van der Waals surface area contributed by atoms with Crippen LogP contribution in [0.15, 0.2) is 12.2 Å². The lowest BCUT2D eigenvalue weighted by atomic mass is 10.0. The summed E-state index contributed by atoms with van der Waals surface area (Å²) in [4.78, 5) is 12.1. The molecular formula is C25H49NO3. The second-order valence-corrected chi connectivity index (χ2v) is 8.41. The van der Waals surface area contributed by atoms with Gasteiger partial charge in [0.1, 0.15) is 0 Å². The molecule has 0 aliphatic rings. The number of hydrogen-bond donors (Lipinski definition) is 3. The molecule has 0 spiro atoms. The molecule has 0 aromatic carbocycles. The maximum Gasteiger partial charge on any atom is 0.220 e. The van der Waals surface area contributed by atoms with Crippen molar-refractivity contribution in [1.29, 1.82) is 0 Å². The molecule has 1 amide bonds. The van der Waals surface area contributed by atoms with Gasteiger partial charge in [0, 0.05) is 6.42 Å². The van der Waals surface area contributed by atoms with Crippen LogP contribution >= 0.6 is 0 Å². The zero-order valence-electron chi connectivity index (χ0n) is 19.3. The number of aliphatic hydroxyl groups is 2. The number of carbonyl (C=O) groups excluding carboxylic acids is 1. The van der Waals surface area contributed by atoms with Crippen LogP contribution in [0.25, 0.3) is 0 Å². The third kappa shape index (κ3) is 18.9. The summed E-state index contributed by atoms with van der Waals surface area (Å²) in [5.74, 6) is -0.0745. The summed E-state index contributed by atoms with van der Waals surface area (Å²) in [6.07, 6.45) is 22.9. The summed E-state index contributed by atoms with van der Waals surface area (Å²) >= 11 is 0. The van der Waals surface area contributed by atoms with Crippen molar-refractivity contribution in [2.24, 2.45) is 0 Å². The normalized spacial score (nSPS) is 13.7. The molecule has 0 aliphatic heterocycles. The molecule has 0 fully saturated rings. The van der Waals surface area contributed by atoms with E-state index >= 15 is 0 Å². The van der Waals surface area contributed by atoms with Crippen molar-refractivity contribution in [1.82, 2.24) is 5.32 Å². The molecule has 4 nitrogen and oxygen atoms in total. The maximum atomic E-state index is 12.1. The van der Waals surface area contributed by atoms with Gasteiger partial charge in [-0.25, -0.2) is 0 Å². The van der Waals surface area contributed by atoms with Gasteiger partial charge in [-0.3, -0.25) is 4.79 Å². The Bertz CT molecular complexity index is 384. The van der Waals surface area contributed by atoms with Gasteiger partial charge in [-0.1, -0.05) is 109 Å². The monoisotopic (exact) mass is 411 g/mol. The summed E-state index contributed by atoms with van der Waals surface area (Å²) in [7, 11) is 0. The number of rotatable bonds is 21. The lowest BCUT2D eigenvalue weighted by Gasteiger charge is -2.20. The van der Waals surface area contributed by atoms with Gasteiger partial charge in [0.15, 0.2) is 0 Å². The molecule has 29 heavy (non-hydrogen) atoms. The molecule has 0 aliphatic carbocycles. The average Bonchev–Trinajstić information content (AvgIpc) is 2.72. The fourth-order valence-corrected chi connectivity index (χ4v) is 3.53. The van der Waals surface area contributed by atoms with Gasteiger partial charge in [-0.2, -0.15) is 0 Å². The van der Waals surface area contributed by atoms with E-state index in [0.29, 0.717) is 6.42 Å². The largest absolute Gasteiger partial charge is 0.394 e. The molecule has 2 atom stereocenters. The van der Waals surface area contributed by atoms with Crippen LogP contribution in [0, 0.1) is 0 Å². The van der Waals surface area contributed by atoms with Crippen LogP contribution < -0.4 is 5.32 Å². The highest BCUT2D eigenvalue weighted by Crippen LogP contribution is 2.12. The van der Waals surface area contributed by atoms with Crippen molar-refractivity contribution in [2.75, 3.05) is 6.61 Å². The molecule has 0 radical (unpaired) electrons. The molecule has 2 unspecified atom stereocenters. The van der Waals surface area contributed by atoms with Crippen molar-refractivity contribution < 1.29 is 15.0 Å². The highest BCUT2D eigenvalue weighted by Gasteiger charge is 2.17. The van der Waals surface area contributed by atoms with E-state index in [1.165, 1.54) is 77.0 Å². The van der Waals surface area contributed by atoms with E-state index in [1.807, 2.05) is 6.08 Å². The third-order valence-electron chi connectivity index (χ3n) is 5.52. The Labute approximate surface area is 180 Å². The number of nitrogens with one attached hydrogen (secondary N) is 1. The minimum Gasteiger partial charge on any atom is -0.394 e. The Hall–Kier alpha value is -0.870. The minimum atomic E-state index is -0.826. The second-order valence-electron chi connectivity index (χ2n) is 8.41. The fraction of sp³-hybridized carbons (Fsp3) is 0.880. The molecule has 0 rings (SSSR count). The summed E-state index contributed by atoms with van der Waals surface area (Å²) in [6, 6.07) is -0.609. The van der Waals surface area contributed by atoms with Crippen LogP contribution in [-0.4, -0.2) is 34.9 Å². The first-order valence-electron chi connectivity index (χ1n) is 12.4. The minimum absolute atomic E-state index is 0.0745. The van der Waals surface area contributed by atoms with Crippen molar-refractivity contribution in [3.05, 3.63) is 12.2 Å². The van der Waals surface area contributed by atoms with E-state index in [9.17, 15) is 15.0 Å². The molecule has 172 valence electrons. The fourth-order valence-electron chi connectivity index (χ4n) is 3.53. The molecular weight excluding hydrogens is 362 g/mol. The van der Waals surface area contributed by atoms with Gasteiger partial charge in [0.25, 0.3) is 0 Å². The van der Waals surface area contributed by atoms with E-state index in [-0.39, 0.29) is 12.5 Å². The zero-order chi connectivity index (χ0) is 21.6. The molecule has 3 N–H and O–H groups in total. The Balaban J connectivity index is 3.65. The first kappa shape index (κ1) is 28.1. The van der Waals surface area contributed by atoms with E-state index in [0.717, 1.165) is 25.7 Å². The van der Waals surface area contributed by atoms with Crippen LogP contribution in [0.1, 0.15) is 123 Å². The smallest absolute Gasteiger partial charge is 0.220 e. The molecule has 0 aromatic rings. The maximum absolute atomic E-state index is 12.1. The SMILES string of the molecule is CCCCC/C=C/C(O)C(CO)NC(=O)CCCCCCCCCCCCCC. The first-order chi connectivity index (χ1) is 14.2. The summed E-state index contributed by atoms with van der Waals surface area (Å²) in [6.45, 7) is 4.17. The number of hydrogen-bond acceptors (Lipinski definition) is 3. The molecule has 0 heterocycles. The molecule has 0 saturated carbocycles. The van der Waals surface area contributed by atoms with Crippen LogP contribution in [0.3, 0.4) is 0 Å². The van der Waals surface area contributed by atoms with E-state index < -0.39 is 12.1 Å². The first-order valence-corrected chi connectivity index (χ1v) is 12.4. The van der Waals surface area contributed by atoms with Crippen LogP contribution in [-0.2, 0) is 4.79 Å². The Morgan fingerprint density at radius 2 is 1.28 bits per heavy atom. The van der Waals surface area contributed by atoms with Gasteiger partial charge >= 0.3 is 0 Å². The number of carbonyl (C=O) groups is 1. The van der Waals surface area contributed by atoms with E-state index in [4.69, 9.17) is 0 Å². The summed E-state index contributed by atoms with van der Waals surface area (Å²) in [5.41, 5.74) is 0. The Morgan fingerprint density at radius 1 is 0.793 bits per heavy atom. The standard InChI is InChI=1S/C25H49NO3/c1-3-5-7-9-10-11-12-13-14-15-17-19-21-25(29)26-23(22-27)24(28)20-18-16-8-6-4-2/h18,20,23-24,27-28H,3-17,19,21-22H2,1-2H3,(H,26,29)/b20-18+. The predicted molar refractivity (Wildman–Crippen MR) is 124 cm³/mol. The lowest BCUT2D eigenvalue weighted by Crippen LogP contribution is -2.45. The number of unbranched alkanes of at least 4 members (excludes halogenated alkanes) is 14. The Morgan fingerprint density at radius 3 is 1.79 bits per heavy atom. The van der Waals surface area contributed by atoms with Crippen molar-refractivity contribution >= 4 is 5.91 Å². The zero-order valence-corrected chi connectivity index (χ0v) is 19.3. The number of amides is 1. The van der Waals surface area contributed by atoms with Crippen LogP contribution in [0.4, 0.5) is 0 Å². The number of aliphatic hydroxyl groups excluding tert-OH is 2. The van der Waals surface area contributed by atoms with Crippen molar-refractivity contribution in [3.8, 4) is 0 Å². The number of allylic oxidation sites excluding steroid dienone is 1. The third-order valence-corrected chi connectivity index (χ3v) is 5.52. The molecule has 0 saturated heterocycles. The van der Waals surface area contributed by atoms with Crippen molar-refractivity contribution in [2.45, 2.75) is 135 Å². The van der Waals surface area contributed by atoms with Crippen molar-refractivity contribution in [3.63, 3.8) is 0 Å². The van der Waals surface area contributed by atoms with Crippen LogP contribution in [0.5, 0.6) is 0 Å². The van der Waals surface area contributed by atoms with Gasteiger partial charge in [-0.05, 0) is 19.3 Å². The average molecular weight is 412 g/mol. The quantitative estimate of drug-likeness (QED) is 0.159. The topological polar surface area (TPSA) is 69.6 Å².